The van der Waals surface area contributed by atoms with Crippen LogP contribution in [0.15, 0.2) is 5.38 Å². The van der Waals surface area contributed by atoms with Crippen molar-refractivity contribution >= 4 is 27.8 Å². The van der Waals surface area contributed by atoms with Crippen LogP contribution < -0.4 is 10.6 Å². The number of hydrogen-bond donors (Lipinski definition) is 1. The molecule has 0 aromatic carbocycles. The zero-order valence-electron chi connectivity index (χ0n) is 11.2. The van der Waals surface area contributed by atoms with Crippen LogP contribution in [0.4, 0.5) is 5.13 Å². The molecule has 6 heteroatoms. The fourth-order valence-electron chi connectivity index (χ4n) is 2.13. The fraction of sp³-hybridized carbons (Fsp3) is 0.538. The number of hydrogen-bond acceptors (Lipinski definition) is 6. The molecule has 2 heterocycles. The van der Waals surface area contributed by atoms with Crippen molar-refractivity contribution in [2.45, 2.75) is 38.8 Å². The van der Waals surface area contributed by atoms with Crippen LogP contribution in [0.2, 0.25) is 0 Å². The SMILES string of the molecule is Cc1nc(CN(C)c2nc(C3CC3)c(CN)s2)cs1. The first-order valence-corrected chi connectivity index (χ1v) is 8.18. The summed E-state index contributed by atoms with van der Waals surface area (Å²) in [5.74, 6) is 0.665. The van der Waals surface area contributed by atoms with E-state index < -0.39 is 0 Å². The molecule has 0 spiro atoms. The summed E-state index contributed by atoms with van der Waals surface area (Å²) in [6.07, 6.45) is 2.54. The number of rotatable bonds is 5. The van der Waals surface area contributed by atoms with Gasteiger partial charge in [-0.3, -0.25) is 0 Å². The van der Waals surface area contributed by atoms with Crippen LogP contribution in [0.25, 0.3) is 0 Å². The smallest absolute Gasteiger partial charge is 0.185 e. The molecule has 2 aromatic heterocycles. The van der Waals surface area contributed by atoms with Crippen LogP contribution in [-0.4, -0.2) is 17.0 Å². The molecule has 102 valence electrons. The molecule has 3 rings (SSSR count). The fourth-order valence-corrected chi connectivity index (χ4v) is 3.72. The molecule has 1 fully saturated rings. The summed E-state index contributed by atoms with van der Waals surface area (Å²) in [6.45, 7) is 3.45. The molecule has 2 N–H and O–H groups in total. The van der Waals surface area contributed by atoms with E-state index in [4.69, 9.17) is 10.7 Å². The first kappa shape index (κ1) is 13.0. The Hall–Kier alpha value is -0.980. The highest BCUT2D eigenvalue weighted by Crippen LogP contribution is 2.44. The predicted molar refractivity (Wildman–Crippen MR) is 80.9 cm³/mol. The molecule has 1 aliphatic carbocycles. The lowest BCUT2D eigenvalue weighted by Gasteiger charge is -2.13. The molecule has 0 bridgehead atoms. The van der Waals surface area contributed by atoms with E-state index in [1.165, 1.54) is 23.4 Å². The summed E-state index contributed by atoms with van der Waals surface area (Å²) in [5.41, 5.74) is 8.18. The third kappa shape index (κ3) is 2.80. The van der Waals surface area contributed by atoms with Gasteiger partial charge in [-0.2, -0.15) is 0 Å². The highest BCUT2D eigenvalue weighted by atomic mass is 32.1. The standard InChI is InChI=1S/C13H18N4S2/c1-8-15-10(7-18-8)6-17(2)13-16-12(9-3-4-9)11(5-14)19-13/h7,9H,3-6,14H2,1-2H3. The highest BCUT2D eigenvalue weighted by molar-refractivity contribution is 7.15. The quantitative estimate of drug-likeness (QED) is 0.921. The van der Waals surface area contributed by atoms with E-state index in [0.717, 1.165) is 22.4 Å². The Morgan fingerprint density at radius 1 is 1.42 bits per heavy atom. The van der Waals surface area contributed by atoms with Crippen LogP contribution >= 0.6 is 22.7 Å². The lowest BCUT2D eigenvalue weighted by molar-refractivity contribution is 0.873. The Labute approximate surface area is 121 Å². The van der Waals surface area contributed by atoms with E-state index in [1.807, 2.05) is 6.92 Å². The maximum Gasteiger partial charge on any atom is 0.185 e. The van der Waals surface area contributed by atoms with Crippen molar-refractivity contribution in [3.63, 3.8) is 0 Å². The molecule has 0 atom stereocenters. The van der Waals surface area contributed by atoms with Crippen molar-refractivity contribution in [3.8, 4) is 0 Å². The summed E-state index contributed by atoms with van der Waals surface area (Å²) in [4.78, 5) is 12.7. The summed E-state index contributed by atoms with van der Waals surface area (Å²) >= 11 is 3.42. The van der Waals surface area contributed by atoms with Crippen molar-refractivity contribution in [1.82, 2.24) is 9.97 Å². The van der Waals surface area contributed by atoms with E-state index in [1.54, 1.807) is 22.7 Å². The van der Waals surface area contributed by atoms with Gasteiger partial charge in [-0.15, -0.1) is 22.7 Å². The van der Waals surface area contributed by atoms with Gasteiger partial charge in [0.2, 0.25) is 0 Å². The lowest BCUT2D eigenvalue weighted by atomic mass is 10.2. The summed E-state index contributed by atoms with van der Waals surface area (Å²) in [7, 11) is 2.07. The minimum atomic E-state index is 0.604. The monoisotopic (exact) mass is 294 g/mol. The number of aryl methyl sites for hydroxylation is 1. The van der Waals surface area contributed by atoms with Crippen molar-refractivity contribution in [2.75, 3.05) is 11.9 Å². The van der Waals surface area contributed by atoms with Crippen molar-refractivity contribution in [2.24, 2.45) is 5.73 Å². The first-order chi connectivity index (χ1) is 9.17. The Bertz CT molecular complexity index is 571. The van der Waals surface area contributed by atoms with Crippen LogP contribution in [0.3, 0.4) is 0 Å². The van der Waals surface area contributed by atoms with Crippen LogP contribution in [0.1, 0.15) is 40.0 Å². The number of nitrogens with zero attached hydrogens (tertiary/aromatic N) is 3. The van der Waals surface area contributed by atoms with Gasteiger partial charge in [-0.1, -0.05) is 0 Å². The molecule has 4 nitrogen and oxygen atoms in total. The molecule has 1 saturated carbocycles. The number of nitrogens with two attached hydrogens (primary N) is 1. The van der Waals surface area contributed by atoms with Crippen molar-refractivity contribution < 1.29 is 0 Å². The summed E-state index contributed by atoms with van der Waals surface area (Å²) < 4.78 is 0. The molecule has 2 aromatic rings. The van der Waals surface area contributed by atoms with Crippen LogP contribution in [-0.2, 0) is 13.1 Å². The second kappa shape index (κ2) is 5.19. The van der Waals surface area contributed by atoms with Gasteiger partial charge in [0.1, 0.15) is 0 Å². The average Bonchev–Trinajstić information content (AvgIpc) is 3.01. The minimum Gasteiger partial charge on any atom is -0.345 e. The van der Waals surface area contributed by atoms with Gasteiger partial charge in [0, 0.05) is 29.8 Å². The van der Waals surface area contributed by atoms with Crippen molar-refractivity contribution in [3.05, 3.63) is 26.7 Å². The van der Waals surface area contributed by atoms with Gasteiger partial charge in [0.05, 0.1) is 22.9 Å². The van der Waals surface area contributed by atoms with E-state index in [2.05, 4.69) is 22.3 Å². The maximum atomic E-state index is 5.83. The second-order valence-corrected chi connectivity index (χ2v) is 7.12. The van der Waals surface area contributed by atoms with Gasteiger partial charge in [-0.25, -0.2) is 9.97 Å². The Balaban J connectivity index is 1.77. The highest BCUT2D eigenvalue weighted by Gasteiger charge is 2.29. The third-order valence-corrected chi connectivity index (χ3v) is 5.29. The van der Waals surface area contributed by atoms with E-state index in [0.29, 0.717) is 12.5 Å². The number of anilines is 1. The molecular formula is C13H18N4S2. The van der Waals surface area contributed by atoms with Gasteiger partial charge in [0.15, 0.2) is 5.13 Å². The number of aromatic nitrogens is 2. The molecule has 19 heavy (non-hydrogen) atoms. The maximum absolute atomic E-state index is 5.83. The summed E-state index contributed by atoms with van der Waals surface area (Å²) in [5, 5.41) is 4.29. The molecule has 0 aliphatic heterocycles. The van der Waals surface area contributed by atoms with Gasteiger partial charge >= 0.3 is 0 Å². The predicted octanol–water partition coefficient (Wildman–Crippen LogP) is 2.88. The molecule has 0 amide bonds. The summed E-state index contributed by atoms with van der Waals surface area (Å²) in [6, 6.07) is 0. The van der Waals surface area contributed by atoms with E-state index >= 15 is 0 Å². The van der Waals surface area contributed by atoms with E-state index in [9.17, 15) is 0 Å². The van der Waals surface area contributed by atoms with Gasteiger partial charge in [0.25, 0.3) is 0 Å². The molecular weight excluding hydrogens is 276 g/mol. The molecule has 1 aliphatic rings. The zero-order valence-corrected chi connectivity index (χ0v) is 12.9. The van der Waals surface area contributed by atoms with Crippen LogP contribution in [0, 0.1) is 6.92 Å². The van der Waals surface area contributed by atoms with Crippen molar-refractivity contribution in [1.29, 1.82) is 0 Å². The average molecular weight is 294 g/mol. The Morgan fingerprint density at radius 3 is 2.79 bits per heavy atom. The Kier molecular flexibility index (Phi) is 3.56. The van der Waals surface area contributed by atoms with Gasteiger partial charge in [-0.05, 0) is 19.8 Å². The first-order valence-electron chi connectivity index (χ1n) is 6.49. The van der Waals surface area contributed by atoms with Gasteiger partial charge < -0.3 is 10.6 Å². The molecule has 0 saturated heterocycles. The van der Waals surface area contributed by atoms with Crippen LogP contribution in [0.5, 0.6) is 0 Å². The second-order valence-electron chi connectivity index (χ2n) is 5.00. The zero-order chi connectivity index (χ0) is 13.4. The molecule has 0 radical (unpaired) electrons. The topological polar surface area (TPSA) is 55.0 Å². The number of thiazole rings is 2. The largest absolute Gasteiger partial charge is 0.345 e. The minimum absolute atomic E-state index is 0.604. The van der Waals surface area contributed by atoms with E-state index in [-0.39, 0.29) is 0 Å². The lowest BCUT2D eigenvalue weighted by Crippen LogP contribution is -2.16. The third-order valence-electron chi connectivity index (χ3n) is 3.26. The normalized spacial score (nSPS) is 14.9. The Morgan fingerprint density at radius 2 is 2.21 bits per heavy atom. The molecule has 0 unspecified atom stereocenters.